The van der Waals surface area contributed by atoms with Crippen molar-refractivity contribution in [3.63, 3.8) is 0 Å². The first-order valence-electron chi connectivity index (χ1n) is 5.51. The van der Waals surface area contributed by atoms with Crippen LogP contribution in [-0.2, 0) is 0 Å². The summed E-state index contributed by atoms with van der Waals surface area (Å²) in [5.41, 5.74) is 6.62. The normalized spacial score (nSPS) is 13.1. The molecule has 0 aliphatic heterocycles. The third-order valence-electron chi connectivity index (χ3n) is 3.15. The molecule has 0 radical (unpaired) electrons. The van der Waals surface area contributed by atoms with E-state index in [4.69, 9.17) is 5.73 Å². The molecular formula is C14H8BrNO3. The molecule has 0 unspecified atom stereocenters. The number of fused-ring (bicyclic) bond motifs is 2. The van der Waals surface area contributed by atoms with E-state index in [2.05, 4.69) is 15.9 Å². The number of hydrogen-bond acceptors (Lipinski definition) is 4. The van der Waals surface area contributed by atoms with Crippen molar-refractivity contribution in [2.75, 3.05) is 5.73 Å². The number of aromatic hydroxyl groups is 1. The maximum atomic E-state index is 12.4. The van der Waals surface area contributed by atoms with Gasteiger partial charge in [-0.2, -0.15) is 0 Å². The fraction of sp³-hybridized carbons (Fsp3) is 0. The van der Waals surface area contributed by atoms with Crippen LogP contribution in [0.4, 0.5) is 5.69 Å². The SMILES string of the molecule is Nc1cc(Br)c(O)c2c1C(=O)c1ccccc1C2=O. The molecule has 1 aliphatic rings. The number of halogens is 1. The highest BCUT2D eigenvalue weighted by atomic mass is 79.9. The molecule has 2 aromatic rings. The maximum Gasteiger partial charge on any atom is 0.198 e. The van der Waals surface area contributed by atoms with Gasteiger partial charge >= 0.3 is 0 Å². The third kappa shape index (κ3) is 1.51. The lowest BCUT2D eigenvalue weighted by molar-refractivity contribution is 0.0977. The number of phenolic OH excluding ortho intramolecular Hbond substituents is 1. The molecule has 0 atom stereocenters. The Labute approximate surface area is 117 Å². The van der Waals surface area contributed by atoms with Gasteiger partial charge in [-0.3, -0.25) is 9.59 Å². The Morgan fingerprint density at radius 2 is 1.53 bits per heavy atom. The van der Waals surface area contributed by atoms with Crippen LogP contribution >= 0.6 is 15.9 Å². The predicted molar refractivity (Wildman–Crippen MR) is 73.5 cm³/mol. The zero-order valence-corrected chi connectivity index (χ0v) is 11.2. The first-order chi connectivity index (χ1) is 9.02. The molecule has 0 saturated heterocycles. The molecule has 2 aromatic carbocycles. The van der Waals surface area contributed by atoms with Crippen LogP contribution in [0.3, 0.4) is 0 Å². The van der Waals surface area contributed by atoms with Crippen molar-refractivity contribution in [1.82, 2.24) is 0 Å². The molecule has 0 amide bonds. The lowest BCUT2D eigenvalue weighted by atomic mass is 9.83. The van der Waals surface area contributed by atoms with Gasteiger partial charge in [0.15, 0.2) is 11.6 Å². The Kier molecular flexibility index (Phi) is 2.46. The lowest BCUT2D eigenvalue weighted by Gasteiger charge is -2.20. The summed E-state index contributed by atoms with van der Waals surface area (Å²) in [6.45, 7) is 0. The number of phenols is 1. The van der Waals surface area contributed by atoms with E-state index in [1.807, 2.05) is 0 Å². The minimum absolute atomic E-state index is 0.0319. The van der Waals surface area contributed by atoms with Crippen molar-refractivity contribution < 1.29 is 14.7 Å². The molecule has 1 aliphatic carbocycles. The quantitative estimate of drug-likeness (QED) is 0.493. The summed E-state index contributed by atoms with van der Waals surface area (Å²) in [4.78, 5) is 24.8. The Hall–Kier alpha value is -2.14. The number of carbonyl (C=O) groups excluding carboxylic acids is 2. The fourth-order valence-electron chi connectivity index (χ4n) is 2.27. The van der Waals surface area contributed by atoms with E-state index in [9.17, 15) is 14.7 Å². The van der Waals surface area contributed by atoms with E-state index in [1.165, 1.54) is 6.07 Å². The molecule has 0 spiro atoms. The van der Waals surface area contributed by atoms with Crippen LogP contribution in [-0.4, -0.2) is 16.7 Å². The van der Waals surface area contributed by atoms with E-state index in [1.54, 1.807) is 24.3 Å². The number of nitrogens with two attached hydrogens (primary N) is 1. The van der Waals surface area contributed by atoms with Crippen molar-refractivity contribution >= 4 is 33.2 Å². The first-order valence-corrected chi connectivity index (χ1v) is 6.31. The largest absolute Gasteiger partial charge is 0.506 e. The van der Waals surface area contributed by atoms with E-state index >= 15 is 0 Å². The molecule has 0 heterocycles. The Balaban J connectivity index is 2.43. The van der Waals surface area contributed by atoms with Crippen LogP contribution in [0.1, 0.15) is 31.8 Å². The van der Waals surface area contributed by atoms with Crippen molar-refractivity contribution in [3.05, 3.63) is 57.1 Å². The number of benzene rings is 2. The highest BCUT2D eigenvalue weighted by molar-refractivity contribution is 9.10. The van der Waals surface area contributed by atoms with E-state index in [0.29, 0.717) is 10.0 Å². The predicted octanol–water partition coefficient (Wildman–Crippen LogP) is 2.51. The average Bonchev–Trinajstić information content (AvgIpc) is 2.40. The first kappa shape index (κ1) is 11.9. The van der Waals surface area contributed by atoms with Crippen LogP contribution in [0, 0.1) is 0 Å². The second-order valence-corrected chi connectivity index (χ2v) is 5.10. The van der Waals surface area contributed by atoms with Gasteiger partial charge < -0.3 is 10.8 Å². The topological polar surface area (TPSA) is 80.4 Å². The lowest BCUT2D eigenvalue weighted by Crippen LogP contribution is -2.22. The summed E-state index contributed by atoms with van der Waals surface area (Å²) in [6.07, 6.45) is 0. The number of anilines is 1. The third-order valence-corrected chi connectivity index (χ3v) is 3.76. The molecule has 0 aromatic heterocycles. The van der Waals surface area contributed by atoms with E-state index in [-0.39, 0.29) is 33.9 Å². The second kappa shape index (κ2) is 3.93. The fourth-order valence-corrected chi connectivity index (χ4v) is 2.72. The molecule has 4 nitrogen and oxygen atoms in total. The summed E-state index contributed by atoms with van der Waals surface area (Å²) in [5, 5.41) is 10.0. The van der Waals surface area contributed by atoms with Gasteiger partial charge in [0.25, 0.3) is 0 Å². The van der Waals surface area contributed by atoms with Crippen molar-refractivity contribution in [1.29, 1.82) is 0 Å². The van der Waals surface area contributed by atoms with E-state index in [0.717, 1.165) is 0 Å². The highest BCUT2D eigenvalue weighted by Crippen LogP contribution is 2.40. The van der Waals surface area contributed by atoms with Crippen LogP contribution < -0.4 is 5.73 Å². The zero-order valence-electron chi connectivity index (χ0n) is 9.61. The van der Waals surface area contributed by atoms with E-state index < -0.39 is 5.78 Å². The van der Waals surface area contributed by atoms with Gasteiger partial charge in [-0.25, -0.2) is 0 Å². The molecule has 0 bridgehead atoms. The second-order valence-electron chi connectivity index (χ2n) is 4.25. The smallest absolute Gasteiger partial charge is 0.198 e. The van der Waals surface area contributed by atoms with Gasteiger partial charge in [0.05, 0.1) is 15.6 Å². The number of rotatable bonds is 0. The molecule has 94 valence electrons. The Morgan fingerprint density at radius 1 is 1.00 bits per heavy atom. The van der Waals surface area contributed by atoms with Gasteiger partial charge in [-0.15, -0.1) is 0 Å². The summed E-state index contributed by atoms with van der Waals surface area (Å²) >= 11 is 3.12. The van der Waals surface area contributed by atoms with Crippen molar-refractivity contribution in [3.8, 4) is 5.75 Å². The van der Waals surface area contributed by atoms with Crippen LogP contribution in [0.2, 0.25) is 0 Å². The highest BCUT2D eigenvalue weighted by Gasteiger charge is 2.34. The average molecular weight is 318 g/mol. The van der Waals surface area contributed by atoms with Crippen LogP contribution in [0.5, 0.6) is 5.75 Å². The number of nitrogen functional groups attached to an aromatic ring is 1. The zero-order chi connectivity index (χ0) is 13.7. The minimum Gasteiger partial charge on any atom is -0.506 e. The van der Waals surface area contributed by atoms with Crippen molar-refractivity contribution in [2.45, 2.75) is 0 Å². The number of ketones is 2. The minimum atomic E-state index is -0.393. The summed E-state index contributed by atoms with van der Waals surface area (Å²) in [7, 11) is 0. The van der Waals surface area contributed by atoms with Gasteiger partial charge in [-0.1, -0.05) is 24.3 Å². The Bertz CT molecular complexity index is 753. The van der Waals surface area contributed by atoms with Gasteiger partial charge in [0.2, 0.25) is 0 Å². The summed E-state index contributed by atoms with van der Waals surface area (Å²) in [5.74, 6) is -0.988. The summed E-state index contributed by atoms with van der Waals surface area (Å²) in [6, 6.07) is 7.93. The molecule has 0 saturated carbocycles. The molecule has 3 rings (SSSR count). The monoisotopic (exact) mass is 317 g/mol. The van der Waals surface area contributed by atoms with Crippen molar-refractivity contribution in [2.24, 2.45) is 0 Å². The van der Waals surface area contributed by atoms with Gasteiger partial charge in [0, 0.05) is 16.8 Å². The van der Waals surface area contributed by atoms with Crippen LogP contribution in [0.25, 0.3) is 0 Å². The molecular weight excluding hydrogens is 310 g/mol. The summed E-state index contributed by atoms with van der Waals surface area (Å²) < 4.78 is 0.296. The van der Waals surface area contributed by atoms with Gasteiger partial charge in [0.1, 0.15) is 5.75 Å². The number of hydrogen-bond donors (Lipinski definition) is 2. The molecule has 3 N–H and O–H groups in total. The van der Waals surface area contributed by atoms with Gasteiger partial charge in [-0.05, 0) is 22.0 Å². The molecule has 19 heavy (non-hydrogen) atoms. The molecule has 5 heteroatoms. The maximum absolute atomic E-state index is 12.4. The Morgan fingerprint density at radius 3 is 2.11 bits per heavy atom. The van der Waals surface area contributed by atoms with Crippen LogP contribution in [0.15, 0.2) is 34.8 Å². The molecule has 0 fully saturated rings. The standard InChI is InChI=1S/C14H8BrNO3/c15-8-5-9(16)10-11(14(8)19)13(18)7-4-2-1-3-6(7)12(10)17/h1-5,19H,16H2. The number of carbonyl (C=O) groups is 2.